The van der Waals surface area contributed by atoms with Gasteiger partial charge in [0.05, 0.1) is 5.57 Å². The fourth-order valence-corrected chi connectivity index (χ4v) is 2.45. The lowest BCUT2D eigenvalue weighted by atomic mass is 10.1. The first-order chi connectivity index (χ1) is 11.2. The number of ether oxygens (including phenoxy) is 1. The monoisotopic (exact) mass is 335 g/mol. The third-order valence-electron chi connectivity index (χ3n) is 3.46. The Balaban J connectivity index is 2.81. The number of allylic oxidation sites excluding steroid dienone is 2. The van der Waals surface area contributed by atoms with Gasteiger partial charge in [-0.15, -0.1) is 0 Å². The van der Waals surface area contributed by atoms with Crippen LogP contribution in [-0.2, 0) is 4.74 Å². The molecular weight excluding hydrogens is 306 g/mol. The molecule has 1 fully saturated rings. The maximum Gasteiger partial charge on any atom is 0.410 e. The van der Waals surface area contributed by atoms with Gasteiger partial charge in [-0.2, -0.15) is 5.26 Å². The van der Waals surface area contributed by atoms with E-state index in [0.29, 0.717) is 30.1 Å². The highest BCUT2D eigenvalue weighted by Crippen LogP contribution is 2.17. The molecule has 1 heterocycles. The van der Waals surface area contributed by atoms with Crippen LogP contribution in [0.2, 0.25) is 0 Å². The van der Waals surface area contributed by atoms with Crippen LogP contribution in [0.1, 0.15) is 40.5 Å². The zero-order valence-electron chi connectivity index (χ0n) is 15.3. The van der Waals surface area contributed by atoms with Crippen molar-refractivity contribution in [2.24, 2.45) is 0 Å². The number of nitrogens with zero attached hydrogens (tertiary/aromatic N) is 2. The summed E-state index contributed by atoms with van der Waals surface area (Å²) >= 11 is 0. The molecule has 0 bridgehead atoms. The first kappa shape index (κ1) is 19.8. The van der Waals surface area contributed by atoms with Gasteiger partial charge in [-0.25, -0.2) is 10.2 Å². The van der Waals surface area contributed by atoms with Crippen molar-refractivity contribution in [1.82, 2.24) is 21.1 Å². The van der Waals surface area contributed by atoms with E-state index in [4.69, 9.17) is 4.74 Å². The number of rotatable bonds is 5. The summed E-state index contributed by atoms with van der Waals surface area (Å²) in [4.78, 5) is 13.9. The fraction of sp³-hybridized carbons (Fsp3) is 0.647. The molecule has 0 saturated carbocycles. The van der Waals surface area contributed by atoms with Gasteiger partial charge < -0.3 is 20.4 Å². The highest BCUT2D eigenvalue weighted by molar-refractivity contribution is 5.68. The molecule has 1 atom stereocenters. The van der Waals surface area contributed by atoms with E-state index < -0.39 is 5.60 Å². The second kappa shape index (κ2) is 8.60. The zero-order chi connectivity index (χ0) is 18.3. The number of carbonyl (C=O) groups is 1. The molecule has 1 aliphatic heterocycles. The average Bonchev–Trinajstić information content (AvgIpc) is 2.46. The van der Waals surface area contributed by atoms with Gasteiger partial charge in [-0.3, -0.25) is 0 Å². The molecule has 0 spiro atoms. The van der Waals surface area contributed by atoms with E-state index in [1.807, 2.05) is 20.8 Å². The van der Waals surface area contributed by atoms with Gasteiger partial charge in [0.1, 0.15) is 17.5 Å². The molecule has 0 aromatic heterocycles. The van der Waals surface area contributed by atoms with Gasteiger partial charge in [0.25, 0.3) is 0 Å². The molecular formula is C17H29N5O2. The van der Waals surface area contributed by atoms with Gasteiger partial charge in [-0.05, 0) is 46.1 Å². The van der Waals surface area contributed by atoms with Crippen molar-refractivity contribution in [3.63, 3.8) is 0 Å². The van der Waals surface area contributed by atoms with Crippen molar-refractivity contribution in [3.8, 4) is 6.07 Å². The minimum Gasteiger partial charge on any atom is -0.444 e. The Morgan fingerprint density at radius 2 is 2.08 bits per heavy atom. The molecule has 0 aromatic rings. The van der Waals surface area contributed by atoms with E-state index in [0.717, 1.165) is 12.8 Å². The van der Waals surface area contributed by atoms with E-state index in [2.05, 4.69) is 28.8 Å². The molecule has 1 amide bonds. The summed E-state index contributed by atoms with van der Waals surface area (Å²) in [5.74, 6) is 0.573. The van der Waals surface area contributed by atoms with Crippen molar-refractivity contribution in [2.45, 2.75) is 52.2 Å². The van der Waals surface area contributed by atoms with Crippen LogP contribution in [0.3, 0.4) is 0 Å². The standard InChI is InChI=1S/C17H29N5O2/c1-12(2)14(10-18)15(21-19-6)20-13-8-7-9-22(11-13)16(23)24-17(3,4)5/h13,19-21H,1,7-9,11H2,2-6H3/b15-14-. The van der Waals surface area contributed by atoms with Gasteiger partial charge in [0, 0.05) is 26.2 Å². The topological polar surface area (TPSA) is 89.4 Å². The van der Waals surface area contributed by atoms with Gasteiger partial charge in [0.2, 0.25) is 0 Å². The van der Waals surface area contributed by atoms with Crippen LogP contribution in [0.15, 0.2) is 23.5 Å². The summed E-state index contributed by atoms with van der Waals surface area (Å²) in [6.45, 7) is 12.4. The van der Waals surface area contributed by atoms with Crippen LogP contribution in [0.25, 0.3) is 0 Å². The normalized spacial score (nSPS) is 19.0. The average molecular weight is 335 g/mol. The smallest absolute Gasteiger partial charge is 0.410 e. The summed E-state index contributed by atoms with van der Waals surface area (Å²) in [5, 5.41) is 12.6. The first-order valence-corrected chi connectivity index (χ1v) is 8.15. The van der Waals surface area contributed by atoms with Crippen molar-refractivity contribution in [2.75, 3.05) is 20.1 Å². The predicted molar refractivity (Wildman–Crippen MR) is 93.6 cm³/mol. The number of hydrazine groups is 1. The van der Waals surface area contributed by atoms with Gasteiger partial charge in [-0.1, -0.05) is 6.58 Å². The Kier molecular flexibility index (Phi) is 7.11. The summed E-state index contributed by atoms with van der Waals surface area (Å²) in [7, 11) is 1.73. The molecule has 0 radical (unpaired) electrons. The number of likely N-dealkylation sites (tertiary alicyclic amines) is 1. The molecule has 3 N–H and O–H groups in total. The van der Waals surface area contributed by atoms with E-state index in [1.54, 1.807) is 18.9 Å². The molecule has 7 heteroatoms. The molecule has 1 saturated heterocycles. The molecule has 24 heavy (non-hydrogen) atoms. The lowest BCUT2D eigenvalue weighted by Gasteiger charge is -2.35. The lowest BCUT2D eigenvalue weighted by molar-refractivity contribution is 0.0190. The number of carbonyl (C=O) groups excluding carboxylic acids is 1. The first-order valence-electron chi connectivity index (χ1n) is 8.15. The largest absolute Gasteiger partial charge is 0.444 e. The Morgan fingerprint density at radius 1 is 1.42 bits per heavy atom. The third-order valence-corrected chi connectivity index (χ3v) is 3.46. The summed E-state index contributed by atoms with van der Waals surface area (Å²) < 4.78 is 5.44. The number of hydrogen-bond donors (Lipinski definition) is 3. The predicted octanol–water partition coefficient (Wildman–Crippen LogP) is 2.01. The number of hydrogen-bond acceptors (Lipinski definition) is 6. The van der Waals surface area contributed by atoms with E-state index >= 15 is 0 Å². The SMILES string of the molecule is C=C(C)/C(C#N)=C(\NNC)NC1CCCN(C(=O)OC(C)(C)C)C1. The molecule has 1 rings (SSSR count). The Morgan fingerprint density at radius 3 is 2.58 bits per heavy atom. The minimum absolute atomic E-state index is 0.0322. The number of amides is 1. The van der Waals surface area contributed by atoms with Crippen LogP contribution in [0.5, 0.6) is 0 Å². The van der Waals surface area contributed by atoms with Gasteiger partial charge in [0.15, 0.2) is 0 Å². The fourth-order valence-electron chi connectivity index (χ4n) is 2.45. The second-order valence-electron chi connectivity index (χ2n) is 6.93. The summed E-state index contributed by atoms with van der Waals surface area (Å²) in [5.41, 5.74) is 6.39. The lowest BCUT2D eigenvalue weighted by Crippen LogP contribution is -2.51. The quantitative estimate of drug-likeness (QED) is 0.405. The maximum absolute atomic E-state index is 12.2. The second-order valence-corrected chi connectivity index (χ2v) is 6.93. The molecule has 7 nitrogen and oxygen atoms in total. The van der Waals surface area contributed by atoms with Crippen molar-refractivity contribution >= 4 is 6.09 Å². The molecule has 0 aliphatic carbocycles. The molecule has 1 aliphatic rings. The Bertz CT molecular complexity index is 542. The number of nitriles is 1. The highest BCUT2D eigenvalue weighted by Gasteiger charge is 2.28. The highest BCUT2D eigenvalue weighted by atomic mass is 16.6. The van der Waals surface area contributed by atoms with Crippen molar-refractivity contribution < 1.29 is 9.53 Å². The third kappa shape index (κ3) is 6.13. The number of nitrogens with one attached hydrogen (secondary N) is 3. The van der Waals surface area contributed by atoms with Crippen LogP contribution in [-0.4, -0.2) is 42.8 Å². The van der Waals surface area contributed by atoms with E-state index in [-0.39, 0.29) is 12.1 Å². The van der Waals surface area contributed by atoms with Gasteiger partial charge >= 0.3 is 6.09 Å². The summed E-state index contributed by atoms with van der Waals surface area (Å²) in [6, 6.07) is 2.18. The minimum atomic E-state index is -0.510. The number of piperidine rings is 1. The van der Waals surface area contributed by atoms with Crippen LogP contribution < -0.4 is 16.2 Å². The Labute approximate surface area is 144 Å². The van der Waals surface area contributed by atoms with Crippen LogP contribution in [0, 0.1) is 11.3 Å². The van der Waals surface area contributed by atoms with Crippen LogP contribution in [0.4, 0.5) is 4.79 Å². The van der Waals surface area contributed by atoms with E-state index in [9.17, 15) is 10.1 Å². The summed E-state index contributed by atoms with van der Waals surface area (Å²) in [6.07, 6.45) is 1.48. The molecule has 1 unspecified atom stereocenters. The zero-order valence-corrected chi connectivity index (χ0v) is 15.3. The Hall–Kier alpha value is -2.20. The maximum atomic E-state index is 12.2. The van der Waals surface area contributed by atoms with Crippen molar-refractivity contribution in [1.29, 1.82) is 5.26 Å². The molecule has 0 aromatic carbocycles. The van der Waals surface area contributed by atoms with E-state index in [1.165, 1.54) is 0 Å². The van der Waals surface area contributed by atoms with Crippen LogP contribution >= 0.6 is 0 Å². The van der Waals surface area contributed by atoms with Crippen molar-refractivity contribution in [3.05, 3.63) is 23.5 Å². The molecule has 134 valence electrons.